The summed E-state index contributed by atoms with van der Waals surface area (Å²) in [5.41, 5.74) is 4.27. The predicted molar refractivity (Wildman–Crippen MR) is 82.5 cm³/mol. The molecule has 2 nitrogen and oxygen atoms in total. The molecule has 102 valence electrons. The fourth-order valence-electron chi connectivity index (χ4n) is 2.12. The summed E-state index contributed by atoms with van der Waals surface area (Å²) >= 11 is 0. The van der Waals surface area contributed by atoms with Crippen molar-refractivity contribution in [1.29, 1.82) is 0 Å². The molecular weight excluding hydrogens is 248 g/mol. The fraction of sp³-hybridized carbons (Fsp3) is 0.167. The van der Waals surface area contributed by atoms with Crippen LogP contribution in [0.25, 0.3) is 11.6 Å². The van der Waals surface area contributed by atoms with Crippen molar-refractivity contribution in [3.05, 3.63) is 70.8 Å². The molecule has 0 aromatic heterocycles. The summed E-state index contributed by atoms with van der Waals surface area (Å²) in [6, 6.07) is 15.5. The van der Waals surface area contributed by atoms with Crippen molar-refractivity contribution in [3.8, 4) is 0 Å². The number of rotatable bonds is 4. The van der Waals surface area contributed by atoms with E-state index in [1.165, 1.54) is 5.56 Å². The van der Waals surface area contributed by atoms with E-state index in [-0.39, 0.29) is 0 Å². The van der Waals surface area contributed by atoms with Crippen LogP contribution in [0.1, 0.15) is 29.2 Å². The molecule has 0 amide bonds. The summed E-state index contributed by atoms with van der Waals surface area (Å²) in [6.45, 7) is 4.07. The van der Waals surface area contributed by atoms with Crippen LogP contribution >= 0.6 is 0 Å². The zero-order valence-corrected chi connectivity index (χ0v) is 11.8. The average molecular weight is 266 g/mol. The summed E-state index contributed by atoms with van der Waals surface area (Å²) in [5, 5.41) is 9.42. The molecular formula is C18H18O2. The summed E-state index contributed by atoms with van der Waals surface area (Å²) in [6.07, 6.45) is 2.67. The van der Waals surface area contributed by atoms with E-state index in [0.717, 1.165) is 23.1 Å². The number of carboxylic acids is 1. The molecule has 0 saturated heterocycles. The maximum absolute atomic E-state index is 11.5. The smallest absolute Gasteiger partial charge is 0.336 e. The summed E-state index contributed by atoms with van der Waals surface area (Å²) in [7, 11) is 0. The molecule has 0 aliphatic carbocycles. The first-order chi connectivity index (χ1) is 9.60. The van der Waals surface area contributed by atoms with E-state index in [2.05, 4.69) is 6.92 Å². The van der Waals surface area contributed by atoms with Crippen molar-refractivity contribution in [3.63, 3.8) is 0 Å². The molecule has 0 aliphatic rings. The second-order valence-electron chi connectivity index (χ2n) is 4.83. The molecule has 0 spiro atoms. The summed E-state index contributed by atoms with van der Waals surface area (Å²) in [5.74, 6) is -0.907. The topological polar surface area (TPSA) is 37.3 Å². The van der Waals surface area contributed by atoms with Gasteiger partial charge in [0.15, 0.2) is 0 Å². The van der Waals surface area contributed by atoms with Crippen LogP contribution in [0.3, 0.4) is 0 Å². The highest BCUT2D eigenvalue weighted by Gasteiger charge is 2.10. The lowest BCUT2D eigenvalue weighted by Gasteiger charge is -2.05. The Kier molecular flexibility index (Phi) is 4.36. The van der Waals surface area contributed by atoms with Crippen molar-refractivity contribution < 1.29 is 9.90 Å². The lowest BCUT2D eigenvalue weighted by molar-refractivity contribution is -0.130. The Hall–Kier alpha value is -2.35. The summed E-state index contributed by atoms with van der Waals surface area (Å²) in [4.78, 5) is 11.5. The highest BCUT2D eigenvalue weighted by molar-refractivity contribution is 6.20. The van der Waals surface area contributed by atoms with Crippen LogP contribution in [0.4, 0.5) is 0 Å². The first kappa shape index (κ1) is 14.1. The van der Waals surface area contributed by atoms with Crippen LogP contribution in [0.15, 0.2) is 48.5 Å². The highest BCUT2D eigenvalue weighted by Crippen LogP contribution is 2.20. The molecule has 0 unspecified atom stereocenters. The number of hydrogen-bond donors (Lipinski definition) is 1. The van der Waals surface area contributed by atoms with Crippen LogP contribution < -0.4 is 0 Å². The normalized spacial score (nSPS) is 11.4. The SMILES string of the molecule is CCc1ccc(/C(=C/c2cccc(C)c2)C(=O)O)cc1. The van der Waals surface area contributed by atoms with E-state index < -0.39 is 5.97 Å². The molecule has 0 atom stereocenters. The van der Waals surface area contributed by atoms with Crippen molar-refractivity contribution in [1.82, 2.24) is 0 Å². The van der Waals surface area contributed by atoms with E-state index in [4.69, 9.17) is 0 Å². The quantitative estimate of drug-likeness (QED) is 0.665. The number of carbonyl (C=O) groups is 1. The fourth-order valence-corrected chi connectivity index (χ4v) is 2.12. The molecule has 2 rings (SSSR count). The highest BCUT2D eigenvalue weighted by atomic mass is 16.4. The number of aliphatic carboxylic acids is 1. The lowest BCUT2D eigenvalue weighted by atomic mass is 10.0. The van der Waals surface area contributed by atoms with Gasteiger partial charge in [0.2, 0.25) is 0 Å². The van der Waals surface area contributed by atoms with Gasteiger partial charge in [-0.1, -0.05) is 61.0 Å². The van der Waals surface area contributed by atoms with Crippen molar-refractivity contribution >= 4 is 17.6 Å². The van der Waals surface area contributed by atoms with Gasteiger partial charge in [0.05, 0.1) is 5.57 Å². The Morgan fingerprint density at radius 1 is 1.15 bits per heavy atom. The first-order valence-electron chi connectivity index (χ1n) is 6.71. The Morgan fingerprint density at radius 2 is 1.85 bits per heavy atom. The minimum absolute atomic E-state index is 0.318. The van der Waals surface area contributed by atoms with E-state index in [9.17, 15) is 9.90 Å². The van der Waals surface area contributed by atoms with Crippen LogP contribution in [-0.2, 0) is 11.2 Å². The van der Waals surface area contributed by atoms with Gasteiger partial charge in [0.25, 0.3) is 0 Å². The maximum atomic E-state index is 11.5. The van der Waals surface area contributed by atoms with Gasteiger partial charge in [-0.3, -0.25) is 0 Å². The first-order valence-corrected chi connectivity index (χ1v) is 6.71. The molecule has 2 aromatic carbocycles. The van der Waals surface area contributed by atoms with E-state index in [1.807, 2.05) is 55.5 Å². The Labute approximate surface area is 119 Å². The van der Waals surface area contributed by atoms with Crippen molar-refractivity contribution in [2.45, 2.75) is 20.3 Å². The van der Waals surface area contributed by atoms with E-state index >= 15 is 0 Å². The van der Waals surface area contributed by atoms with Crippen LogP contribution in [0, 0.1) is 6.92 Å². The minimum atomic E-state index is -0.907. The van der Waals surface area contributed by atoms with E-state index in [0.29, 0.717) is 5.57 Å². The van der Waals surface area contributed by atoms with Gasteiger partial charge in [-0.25, -0.2) is 4.79 Å². The molecule has 20 heavy (non-hydrogen) atoms. The second kappa shape index (κ2) is 6.20. The second-order valence-corrected chi connectivity index (χ2v) is 4.83. The average Bonchev–Trinajstić information content (AvgIpc) is 2.45. The number of carboxylic acid groups (broad SMARTS) is 1. The molecule has 2 aromatic rings. The largest absolute Gasteiger partial charge is 0.478 e. The molecule has 0 fully saturated rings. The van der Waals surface area contributed by atoms with E-state index in [1.54, 1.807) is 6.08 Å². The van der Waals surface area contributed by atoms with Crippen LogP contribution in [0.2, 0.25) is 0 Å². The zero-order valence-electron chi connectivity index (χ0n) is 11.8. The lowest BCUT2D eigenvalue weighted by Crippen LogP contribution is -2.00. The Bertz CT molecular complexity index is 637. The van der Waals surface area contributed by atoms with Crippen LogP contribution in [0.5, 0.6) is 0 Å². The third-order valence-electron chi connectivity index (χ3n) is 3.26. The van der Waals surface area contributed by atoms with Gasteiger partial charge in [0.1, 0.15) is 0 Å². The zero-order chi connectivity index (χ0) is 14.5. The molecule has 0 aliphatic heterocycles. The maximum Gasteiger partial charge on any atom is 0.336 e. The van der Waals surface area contributed by atoms with Gasteiger partial charge in [-0.2, -0.15) is 0 Å². The predicted octanol–water partition coefficient (Wildman–Crippen LogP) is 4.18. The van der Waals surface area contributed by atoms with Gasteiger partial charge < -0.3 is 5.11 Å². The van der Waals surface area contributed by atoms with Gasteiger partial charge in [-0.05, 0) is 36.1 Å². The third-order valence-corrected chi connectivity index (χ3v) is 3.26. The minimum Gasteiger partial charge on any atom is -0.478 e. The Morgan fingerprint density at radius 3 is 2.40 bits per heavy atom. The van der Waals surface area contributed by atoms with Crippen molar-refractivity contribution in [2.24, 2.45) is 0 Å². The van der Waals surface area contributed by atoms with Crippen molar-refractivity contribution in [2.75, 3.05) is 0 Å². The number of aryl methyl sites for hydroxylation is 2. The monoisotopic (exact) mass is 266 g/mol. The van der Waals surface area contributed by atoms with Crippen LogP contribution in [-0.4, -0.2) is 11.1 Å². The number of benzene rings is 2. The van der Waals surface area contributed by atoms with Gasteiger partial charge in [-0.15, -0.1) is 0 Å². The molecule has 0 heterocycles. The third kappa shape index (κ3) is 3.35. The molecule has 0 saturated carbocycles. The van der Waals surface area contributed by atoms with Gasteiger partial charge in [0, 0.05) is 0 Å². The Balaban J connectivity index is 2.42. The standard InChI is InChI=1S/C18H18O2/c1-3-14-7-9-16(10-8-14)17(18(19)20)12-15-6-4-5-13(2)11-15/h4-12H,3H2,1-2H3,(H,19,20)/b17-12-. The summed E-state index contributed by atoms with van der Waals surface area (Å²) < 4.78 is 0. The molecule has 0 radical (unpaired) electrons. The molecule has 2 heteroatoms. The van der Waals surface area contributed by atoms with Gasteiger partial charge >= 0.3 is 5.97 Å². The number of hydrogen-bond acceptors (Lipinski definition) is 1. The molecule has 0 bridgehead atoms. The molecule has 1 N–H and O–H groups in total.